The lowest BCUT2D eigenvalue weighted by Gasteiger charge is -2.35. The predicted octanol–water partition coefficient (Wildman–Crippen LogP) is -0.321. The normalized spacial score (nSPS) is 30.4. The van der Waals surface area contributed by atoms with Crippen LogP contribution in [-0.4, -0.2) is 62.8 Å². The number of ether oxygens (including phenoxy) is 1. The lowest BCUT2D eigenvalue weighted by Crippen LogP contribution is -2.49. The van der Waals surface area contributed by atoms with E-state index in [-0.39, 0.29) is 11.4 Å². The maximum absolute atomic E-state index is 11.9. The van der Waals surface area contributed by atoms with Gasteiger partial charge in [-0.1, -0.05) is 0 Å². The van der Waals surface area contributed by atoms with Gasteiger partial charge in [-0.15, -0.1) is 0 Å². The molecule has 0 radical (unpaired) electrons. The third-order valence-corrected chi connectivity index (χ3v) is 4.48. The summed E-state index contributed by atoms with van der Waals surface area (Å²) in [5.41, 5.74) is 0.118. The van der Waals surface area contributed by atoms with Gasteiger partial charge in [-0.05, 0) is 32.2 Å². The van der Waals surface area contributed by atoms with E-state index in [1.165, 1.54) is 0 Å². The molecule has 0 saturated carbocycles. The molecular formula is C13H25N3O2. The highest BCUT2D eigenvalue weighted by Gasteiger charge is 2.49. The van der Waals surface area contributed by atoms with Crippen LogP contribution < -0.4 is 10.6 Å². The molecule has 0 spiro atoms. The fraction of sp³-hybridized carbons (Fsp3) is 0.923. The van der Waals surface area contributed by atoms with Gasteiger partial charge in [0.1, 0.15) is 0 Å². The van der Waals surface area contributed by atoms with Crippen LogP contribution in [0.3, 0.4) is 0 Å². The summed E-state index contributed by atoms with van der Waals surface area (Å²) in [5.74, 6) is 1.48. The van der Waals surface area contributed by atoms with Gasteiger partial charge in [0.15, 0.2) is 0 Å². The number of amides is 1. The van der Waals surface area contributed by atoms with E-state index in [1.54, 1.807) is 7.11 Å². The quantitative estimate of drug-likeness (QED) is 0.661. The predicted molar refractivity (Wildman–Crippen MR) is 70.4 cm³/mol. The van der Waals surface area contributed by atoms with E-state index in [1.807, 2.05) is 0 Å². The first-order valence-corrected chi connectivity index (χ1v) is 6.77. The molecule has 0 bridgehead atoms. The van der Waals surface area contributed by atoms with Crippen LogP contribution in [-0.2, 0) is 9.53 Å². The smallest absolute Gasteiger partial charge is 0.234 e. The van der Waals surface area contributed by atoms with Crippen molar-refractivity contribution in [1.82, 2.24) is 15.5 Å². The Balaban J connectivity index is 1.84. The van der Waals surface area contributed by atoms with E-state index >= 15 is 0 Å². The first-order valence-electron chi connectivity index (χ1n) is 6.77. The molecule has 2 heterocycles. The molecule has 0 aromatic heterocycles. The van der Waals surface area contributed by atoms with Gasteiger partial charge < -0.3 is 15.4 Å². The van der Waals surface area contributed by atoms with Crippen LogP contribution in [0.2, 0.25) is 0 Å². The molecule has 2 unspecified atom stereocenters. The summed E-state index contributed by atoms with van der Waals surface area (Å²) in [5, 5.41) is 6.34. The minimum Gasteiger partial charge on any atom is -0.383 e. The Kier molecular flexibility index (Phi) is 4.25. The molecular weight excluding hydrogens is 230 g/mol. The molecule has 2 atom stereocenters. The Bertz CT molecular complexity index is 307. The summed E-state index contributed by atoms with van der Waals surface area (Å²) < 4.78 is 4.93. The Morgan fingerprint density at radius 3 is 2.94 bits per heavy atom. The summed E-state index contributed by atoms with van der Waals surface area (Å²) in [6.07, 6.45) is 0. The van der Waals surface area contributed by atoms with Crippen LogP contribution >= 0.6 is 0 Å². The molecule has 1 amide bonds. The average Bonchev–Trinajstić information content (AvgIpc) is 2.84. The molecule has 5 heteroatoms. The lowest BCUT2D eigenvalue weighted by atomic mass is 9.85. The second-order valence-electron chi connectivity index (χ2n) is 5.90. The molecule has 0 aliphatic carbocycles. The van der Waals surface area contributed by atoms with E-state index in [2.05, 4.69) is 29.4 Å². The van der Waals surface area contributed by atoms with Gasteiger partial charge in [-0.3, -0.25) is 9.69 Å². The molecule has 5 nitrogen and oxygen atoms in total. The zero-order chi connectivity index (χ0) is 13.2. The minimum absolute atomic E-state index is 0.105. The lowest BCUT2D eigenvalue weighted by molar-refractivity contribution is -0.123. The summed E-state index contributed by atoms with van der Waals surface area (Å²) in [6.45, 7) is 9.39. The second kappa shape index (κ2) is 5.55. The maximum atomic E-state index is 11.9. The number of carbonyl (C=O) groups is 1. The number of methoxy groups -OCH3 is 1. The first kappa shape index (κ1) is 13.8. The van der Waals surface area contributed by atoms with Crippen LogP contribution in [0, 0.1) is 11.8 Å². The van der Waals surface area contributed by atoms with E-state index in [4.69, 9.17) is 4.74 Å². The monoisotopic (exact) mass is 255 g/mol. The number of rotatable bonds is 5. The Morgan fingerprint density at radius 1 is 1.50 bits per heavy atom. The fourth-order valence-electron chi connectivity index (χ4n) is 3.29. The molecule has 2 fully saturated rings. The molecule has 2 saturated heterocycles. The molecule has 0 aromatic rings. The van der Waals surface area contributed by atoms with Crippen LogP contribution in [0.5, 0.6) is 0 Å². The van der Waals surface area contributed by atoms with Crippen LogP contribution in [0.15, 0.2) is 0 Å². The molecule has 0 aromatic carbocycles. The SMILES string of the molecule is COCCNC(=O)CN1CC2CNCC2C1(C)C. The van der Waals surface area contributed by atoms with Crippen molar-refractivity contribution in [3.8, 4) is 0 Å². The Morgan fingerprint density at radius 2 is 2.28 bits per heavy atom. The van der Waals surface area contributed by atoms with Gasteiger partial charge in [0.25, 0.3) is 0 Å². The third-order valence-electron chi connectivity index (χ3n) is 4.48. The zero-order valence-corrected chi connectivity index (χ0v) is 11.7. The first-order chi connectivity index (χ1) is 8.55. The average molecular weight is 255 g/mol. The highest BCUT2D eigenvalue weighted by atomic mass is 16.5. The largest absolute Gasteiger partial charge is 0.383 e. The van der Waals surface area contributed by atoms with Crippen molar-refractivity contribution in [3.05, 3.63) is 0 Å². The molecule has 18 heavy (non-hydrogen) atoms. The zero-order valence-electron chi connectivity index (χ0n) is 11.7. The van der Waals surface area contributed by atoms with Crippen LogP contribution in [0.4, 0.5) is 0 Å². The number of fused-ring (bicyclic) bond motifs is 1. The Hall–Kier alpha value is -0.650. The van der Waals surface area contributed by atoms with Gasteiger partial charge in [0, 0.05) is 32.3 Å². The van der Waals surface area contributed by atoms with Gasteiger partial charge in [0.2, 0.25) is 5.91 Å². The van der Waals surface area contributed by atoms with E-state index < -0.39 is 0 Å². The summed E-state index contributed by atoms with van der Waals surface area (Å²) in [7, 11) is 1.64. The topological polar surface area (TPSA) is 53.6 Å². The molecule has 2 N–H and O–H groups in total. The van der Waals surface area contributed by atoms with Crippen molar-refractivity contribution in [2.45, 2.75) is 19.4 Å². The fourth-order valence-corrected chi connectivity index (χ4v) is 3.29. The summed E-state index contributed by atoms with van der Waals surface area (Å²) in [6, 6.07) is 0. The number of nitrogens with one attached hydrogen (secondary N) is 2. The van der Waals surface area contributed by atoms with E-state index in [0.29, 0.717) is 31.5 Å². The van der Waals surface area contributed by atoms with E-state index in [9.17, 15) is 4.79 Å². The molecule has 104 valence electrons. The van der Waals surface area contributed by atoms with Crippen molar-refractivity contribution in [3.63, 3.8) is 0 Å². The van der Waals surface area contributed by atoms with Crippen molar-refractivity contribution in [2.75, 3.05) is 46.4 Å². The molecule has 2 aliphatic rings. The van der Waals surface area contributed by atoms with Gasteiger partial charge in [-0.25, -0.2) is 0 Å². The van der Waals surface area contributed by atoms with Gasteiger partial charge >= 0.3 is 0 Å². The standard InChI is InChI=1S/C13H25N3O2/c1-13(2)11-7-14-6-10(11)8-16(13)9-12(17)15-4-5-18-3/h10-11,14H,4-9H2,1-3H3,(H,15,17). The van der Waals surface area contributed by atoms with E-state index in [0.717, 1.165) is 19.6 Å². The maximum Gasteiger partial charge on any atom is 0.234 e. The van der Waals surface area contributed by atoms with Crippen molar-refractivity contribution in [2.24, 2.45) is 11.8 Å². The number of hydrogen-bond acceptors (Lipinski definition) is 4. The van der Waals surface area contributed by atoms with Crippen LogP contribution in [0.25, 0.3) is 0 Å². The Labute approximate surface area is 109 Å². The second-order valence-corrected chi connectivity index (χ2v) is 5.90. The van der Waals surface area contributed by atoms with Crippen molar-refractivity contribution >= 4 is 5.91 Å². The number of nitrogens with zero attached hydrogens (tertiary/aromatic N) is 1. The van der Waals surface area contributed by atoms with Crippen molar-refractivity contribution in [1.29, 1.82) is 0 Å². The highest BCUT2D eigenvalue weighted by molar-refractivity contribution is 5.78. The highest BCUT2D eigenvalue weighted by Crippen LogP contribution is 2.40. The van der Waals surface area contributed by atoms with Gasteiger partial charge in [0.05, 0.1) is 13.2 Å². The number of hydrogen-bond donors (Lipinski definition) is 2. The van der Waals surface area contributed by atoms with Gasteiger partial charge in [-0.2, -0.15) is 0 Å². The minimum atomic E-state index is 0.105. The van der Waals surface area contributed by atoms with Crippen molar-refractivity contribution < 1.29 is 9.53 Å². The number of carbonyl (C=O) groups excluding carboxylic acids is 1. The number of likely N-dealkylation sites (tertiary alicyclic amines) is 1. The molecule has 2 aliphatic heterocycles. The summed E-state index contributed by atoms with van der Waals surface area (Å²) in [4.78, 5) is 14.2. The third kappa shape index (κ3) is 2.68. The summed E-state index contributed by atoms with van der Waals surface area (Å²) >= 11 is 0. The molecule has 2 rings (SSSR count). The van der Waals surface area contributed by atoms with Crippen LogP contribution in [0.1, 0.15) is 13.8 Å².